The number of hydrogen-bond acceptors (Lipinski definition) is 4. The van der Waals surface area contributed by atoms with Crippen LogP contribution in [0.25, 0.3) is 16.9 Å². The van der Waals surface area contributed by atoms with E-state index in [1.165, 1.54) is 0 Å². The molecule has 0 aliphatic rings. The van der Waals surface area contributed by atoms with E-state index in [1.54, 1.807) is 29.8 Å². The number of benzene rings is 2. The fourth-order valence-corrected chi connectivity index (χ4v) is 2.81. The minimum absolute atomic E-state index is 0.258. The third-order valence-corrected chi connectivity index (χ3v) is 4.29. The van der Waals surface area contributed by atoms with E-state index in [0.717, 1.165) is 11.3 Å². The van der Waals surface area contributed by atoms with Gasteiger partial charge in [0.2, 0.25) is 0 Å². The van der Waals surface area contributed by atoms with E-state index in [0.29, 0.717) is 23.0 Å². The average Bonchev–Trinajstić information content (AvgIpc) is 3.18. The fraction of sp³-hybridized carbons (Fsp3) is 0.190. The van der Waals surface area contributed by atoms with Gasteiger partial charge in [-0.1, -0.05) is 41.9 Å². The second kappa shape index (κ2) is 9.75. The highest BCUT2D eigenvalue weighted by Gasteiger charge is 2.17. The Morgan fingerprint density at radius 1 is 1.03 bits per heavy atom. The van der Waals surface area contributed by atoms with Crippen LogP contribution in [0.15, 0.2) is 60.7 Å². The van der Waals surface area contributed by atoms with Crippen molar-refractivity contribution >= 4 is 23.6 Å². The number of carbonyl (C=O) groups excluding carboxylic acids is 2. The summed E-state index contributed by atoms with van der Waals surface area (Å²) >= 11 is 5.97. The molecule has 150 valence electrons. The summed E-state index contributed by atoms with van der Waals surface area (Å²) in [6.45, 7) is 2.54. The van der Waals surface area contributed by atoms with Crippen molar-refractivity contribution in [2.75, 3.05) is 19.7 Å². The first-order valence-corrected chi connectivity index (χ1v) is 9.56. The number of hydrogen-bond donors (Lipinski definition) is 2. The maximum Gasteiger partial charge on any atom is 0.407 e. The number of amides is 2. The van der Waals surface area contributed by atoms with Gasteiger partial charge >= 0.3 is 6.09 Å². The molecular formula is C21H21ClN4O3. The average molecular weight is 413 g/mol. The molecule has 0 saturated heterocycles. The molecule has 0 fully saturated rings. The highest BCUT2D eigenvalue weighted by Crippen LogP contribution is 2.23. The van der Waals surface area contributed by atoms with Crippen LogP contribution < -0.4 is 10.6 Å². The quantitative estimate of drug-likeness (QED) is 0.580. The summed E-state index contributed by atoms with van der Waals surface area (Å²) in [5.41, 5.74) is 2.65. The number of para-hydroxylation sites is 1. The maximum atomic E-state index is 12.8. The minimum atomic E-state index is -0.513. The third kappa shape index (κ3) is 5.36. The van der Waals surface area contributed by atoms with Crippen molar-refractivity contribution in [1.29, 1.82) is 0 Å². The zero-order valence-corrected chi connectivity index (χ0v) is 16.6. The normalized spacial score (nSPS) is 10.4. The summed E-state index contributed by atoms with van der Waals surface area (Å²) in [4.78, 5) is 24.1. The van der Waals surface area contributed by atoms with Gasteiger partial charge in [0.1, 0.15) is 5.69 Å². The summed E-state index contributed by atoms with van der Waals surface area (Å²) in [6, 6.07) is 18.4. The molecule has 0 radical (unpaired) electrons. The molecule has 2 N–H and O–H groups in total. The molecule has 3 aromatic rings. The zero-order valence-electron chi connectivity index (χ0n) is 15.9. The van der Waals surface area contributed by atoms with Crippen LogP contribution in [-0.2, 0) is 4.74 Å². The maximum absolute atomic E-state index is 12.8. The molecule has 0 aliphatic heterocycles. The van der Waals surface area contributed by atoms with Crippen molar-refractivity contribution in [3.05, 3.63) is 71.4 Å². The van der Waals surface area contributed by atoms with E-state index >= 15 is 0 Å². The van der Waals surface area contributed by atoms with Gasteiger partial charge in [0.25, 0.3) is 5.91 Å². The second-order valence-electron chi connectivity index (χ2n) is 6.07. The van der Waals surface area contributed by atoms with Crippen molar-refractivity contribution < 1.29 is 14.3 Å². The molecule has 0 atom stereocenters. The number of rotatable bonds is 7. The van der Waals surface area contributed by atoms with E-state index < -0.39 is 6.09 Å². The molecule has 29 heavy (non-hydrogen) atoms. The first kappa shape index (κ1) is 20.4. The van der Waals surface area contributed by atoms with Crippen molar-refractivity contribution in [3.63, 3.8) is 0 Å². The van der Waals surface area contributed by atoms with Gasteiger partial charge in [-0.25, -0.2) is 9.48 Å². The van der Waals surface area contributed by atoms with Gasteiger partial charge in [-0.15, -0.1) is 0 Å². The van der Waals surface area contributed by atoms with Crippen LogP contribution in [0.5, 0.6) is 0 Å². The number of halogens is 1. The van der Waals surface area contributed by atoms with Gasteiger partial charge < -0.3 is 15.4 Å². The molecule has 1 aromatic heterocycles. The van der Waals surface area contributed by atoms with E-state index in [1.807, 2.05) is 42.5 Å². The molecular weight excluding hydrogens is 392 g/mol. The van der Waals surface area contributed by atoms with Crippen molar-refractivity contribution in [3.8, 4) is 16.9 Å². The summed E-state index contributed by atoms with van der Waals surface area (Å²) < 4.78 is 6.38. The van der Waals surface area contributed by atoms with E-state index in [9.17, 15) is 9.59 Å². The Bertz CT molecular complexity index is 971. The van der Waals surface area contributed by atoms with Gasteiger partial charge in [0, 0.05) is 23.7 Å². The Morgan fingerprint density at radius 3 is 2.41 bits per heavy atom. The van der Waals surface area contributed by atoms with Gasteiger partial charge in [0.05, 0.1) is 18.0 Å². The smallest absolute Gasteiger partial charge is 0.407 e. The Hall–Kier alpha value is -3.32. The predicted octanol–water partition coefficient (Wildman–Crippen LogP) is 3.67. The monoisotopic (exact) mass is 412 g/mol. The number of nitrogens with zero attached hydrogens (tertiary/aromatic N) is 2. The van der Waals surface area contributed by atoms with Crippen LogP contribution in [0.4, 0.5) is 4.79 Å². The van der Waals surface area contributed by atoms with Crippen LogP contribution in [-0.4, -0.2) is 41.5 Å². The Kier molecular flexibility index (Phi) is 6.86. The largest absolute Gasteiger partial charge is 0.450 e. The van der Waals surface area contributed by atoms with Crippen molar-refractivity contribution in [1.82, 2.24) is 20.4 Å². The zero-order chi connectivity index (χ0) is 20.6. The topological polar surface area (TPSA) is 85.2 Å². The lowest BCUT2D eigenvalue weighted by atomic mass is 10.1. The second-order valence-corrected chi connectivity index (χ2v) is 6.51. The number of alkyl carbamates (subject to hydrolysis) is 1. The van der Waals surface area contributed by atoms with Gasteiger partial charge in [0.15, 0.2) is 0 Å². The fourth-order valence-electron chi connectivity index (χ4n) is 2.68. The molecule has 1 heterocycles. The molecule has 0 saturated carbocycles. The van der Waals surface area contributed by atoms with Gasteiger partial charge in [-0.05, 0) is 37.3 Å². The summed E-state index contributed by atoms with van der Waals surface area (Å²) in [5, 5.41) is 10.6. The molecule has 0 spiro atoms. The van der Waals surface area contributed by atoms with Crippen LogP contribution in [0, 0.1) is 0 Å². The molecule has 0 unspecified atom stereocenters. The lowest BCUT2D eigenvalue weighted by Crippen LogP contribution is -2.35. The molecule has 2 amide bonds. The summed E-state index contributed by atoms with van der Waals surface area (Å²) in [5.74, 6) is -0.299. The molecule has 7 nitrogen and oxygen atoms in total. The lowest BCUT2D eigenvalue weighted by Gasteiger charge is -2.09. The Morgan fingerprint density at radius 2 is 1.72 bits per heavy atom. The molecule has 8 heteroatoms. The number of aromatic nitrogens is 2. The first-order valence-electron chi connectivity index (χ1n) is 9.18. The van der Waals surface area contributed by atoms with E-state index in [-0.39, 0.29) is 19.0 Å². The van der Waals surface area contributed by atoms with E-state index in [2.05, 4.69) is 15.7 Å². The SMILES string of the molecule is CCOC(=O)NCCNC(=O)c1cc(-c2ccc(Cl)cc2)nn1-c1ccccc1. The van der Waals surface area contributed by atoms with Crippen LogP contribution in [0.3, 0.4) is 0 Å². The lowest BCUT2D eigenvalue weighted by molar-refractivity contribution is 0.0944. The highest BCUT2D eigenvalue weighted by molar-refractivity contribution is 6.30. The molecule has 3 rings (SSSR count). The first-order chi connectivity index (χ1) is 14.1. The van der Waals surface area contributed by atoms with Crippen molar-refractivity contribution in [2.24, 2.45) is 0 Å². The molecule has 0 aliphatic carbocycles. The van der Waals surface area contributed by atoms with Gasteiger partial charge in [-0.3, -0.25) is 4.79 Å². The summed E-state index contributed by atoms with van der Waals surface area (Å²) in [7, 11) is 0. The Labute approximate surface area is 173 Å². The van der Waals surface area contributed by atoms with Crippen LogP contribution in [0.1, 0.15) is 17.4 Å². The predicted molar refractivity (Wildman–Crippen MR) is 111 cm³/mol. The molecule has 0 bridgehead atoms. The van der Waals surface area contributed by atoms with Crippen molar-refractivity contribution in [2.45, 2.75) is 6.92 Å². The standard InChI is InChI=1S/C21H21ClN4O3/c1-2-29-21(28)24-13-12-23-20(27)19-14-18(15-8-10-16(22)11-9-15)25-26(19)17-6-4-3-5-7-17/h3-11,14H,2,12-13H2,1H3,(H,23,27)(H,24,28). The molecule has 2 aromatic carbocycles. The Balaban J connectivity index is 1.79. The van der Waals surface area contributed by atoms with Gasteiger partial charge in [-0.2, -0.15) is 5.10 Å². The summed E-state index contributed by atoms with van der Waals surface area (Å²) in [6.07, 6.45) is -0.513. The number of nitrogens with one attached hydrogen (secondary N) is 2. The third-order valence-electron chi connectivity index (χ3n) is 4.04. The van der Waals surface area contributed by atoms with Crippen LogP contribution >= 0.6 is 11.6 Å². The number of ether oxygens (including phenoxy) is 1. The van der Waals surface area contributed by atoms with Crippen LogP contribution in [0.2, 0.25) is 5.02 Å². The minimum Gasteiger partial charge on any atom is -0.450 e. The highest BCUT2D eigenvalue weighted by atomic mass is 35.5. The van der Waals surface area contributed by atoms with E-state index in [4.69, 9.17) is 16.3 Å². The number of carbonyl (C=O) groups is 2.